The summed E-state index contributed by atoms with van der Waals surface area (Å²) >= 11 is 9.72. The number of aryl methyl sites for hydroxylation is 1. The maximum absolute atomic E-state index is 12.9. The van der Waals surface area contributed by atoms with Crippen LogP contribution in [0.4, 0.5) is 5.69 Å². The van der Waals surface area contributed by atoms with Crippen LogP contribution < -0.4 is 10.6 Å². The normalized spacial score (nSPS) is 15.0. The Morgan fingerprint density at radius 3 is 2.92 bits per heavy atom. The lowest BCUT2D eigenvalue weighted by Gasteiger charge is -2.32. The van der Waals surface area contributed by atoms with Gasteiger partial charge in [-0.15, -0.1) is 0 Å². The van der Waals surface area contributed by atoms with Crippen molar-refractivity contribution >= 4 is 39.1 Å². The number of nitrogens with zero attached hydrogens (tertiary/aromatic N) is 1. The second kappa shape index (κ2) is 7.13. The maximum Gasteiger partial charge on any atom is 0.244 e. The Balaban J connectivity index is 1.82. The number of phenols is 1. The van der Waals surface area contributed by atoms with Gasteiger partial charge in [0.2, 0.25) is 5.91 Å². The summed E-state index contributed by atoms with van der Waals surface area (Å²) in [5, 5.41) is 10.1. The summed E-state index contributed by atoms with van der Waals surface area (Å²) in [4.78, 5) is 14.6. The summed E-state index contributed by atoms with van der Waals surface area (Å²) in [5.41, 5.74) is 8.93. The molecule has 0 spiro atoms. The lowest BCUT2D eigenvalue weighted by Crippen LogP contribution is -2.47. The van der Waals surface area contributed by atoms with Crippen molar-refractivity contribution in [2.45, 2.75) is 25.3 Å². The third kappa shape index (κ3) is 3.43. The SMILES string of the molecule is N[C@@H](Cc1ccc(O)cc1Br)C(=O)N1CCCc2cccc(Cl)c21. The van der Waals surface area contributed by atoms with Crippen molar-refractivity contribution in [2.24, 2.45) is 5.73 Å². The summed E-state index contributed by atoms with van der Waals surface area (Å²) in [6.45, 7) is 0.625. The second-order valence-corrected chi connectivity index (χ2v) is 7.19. The van der Waals surface area contributed by atoms with E-state index >= 15 is 0 Å². The molecular weight excluding hydrogens is 392 g/mol. The number of hydrogen-bond donors (Lipinski definition) is 2. The largest absolute Gasteiger partial charge is 0.508 e. The van der Waals surface area contributed by atoms with Gasteiger partial charge in [0.05, 0.1) is 16.8 Å². The van der Waals surface area contributed by atoms with E-state index in [-0.39, 0.29) is 11.7 Å². The van der Waals surface area contributed by atoms with E-state index in [1.54, 1.807) is 29.2 Å². The monoisotopic (exact) mass is 408 g/mol. The van der Waals surface area contributed by atoms with Gasteiger partial charge in [0.25, 0.3) is 0 Å². The number of carbonyl (C=O) groups is 1. The first kappa shape index (κ1) is 17.3. The summed E-state index contributed by atoms with van der Waals surface area (Å²) in [6, 6.07) is 9.99. The summed E-state index contributed by atoms with van der Waals surface area (Å²) in [6.07, 6.45) is 2.20. The van der Waals surface area contributed by atoms with Crippen molar-refractivity contribution in [1.29, 1.82) is 0 Å². The standard InChI is InChI=1S/C18H18BrClN2O2/c19-14-10-13(23)7-6-12(14)9-16(21)18(24)22-8-2-4-11-3-1-5-15(20)17(11)22/h1,3,5-7,10,16,23H,2,4,8-9,21H2/t16-/m0/s1. The van der Waals surface area contributed by atoms with Gasteiger partial charge < -0.3 is 15.7 Å². The molecular formula is C18H18BrClN2O2. The molecule has 3 N–H and O–H groups in total. The Morgan fingerprint density at radius 2 is 2.17 bits per heavy atom. The molecule has 4 nitrogen and oxygen atoms in total. The van der Waals surface area contributed by atoms with Gasteiger partial charge in [-0.25, -0.2) is 0 Å². The molecule has 1 atom stereocenters. The van der Waals surface area contributed by atoms with Crippen LogP contribution >= 0.6 is 27.5 Å². The van der Waals surface area contributed by atoms with Crippen molar-refractivity contribution < 1.29 is 9.90 Å². The molecule has 0 radical (unpaired) electrons. The molecule has 1 aliphatic rings. The Labute approximate surface area is 154 Å². The average molecular weight is 410 g/mol. The maximum atomic E-state index is 12.9. The molecule has 3 rings (SSSR count). The van der Waals surface area contributed by atoms with Crippen molar-refractivity contribution in [3.8, 4) is 5.75 Å². The molecule has 1 aliphatic heterocycles. The Bertz CT molecular complexity index is 782. The van der Waals surface area contributed by atoms with Crippen LogP contribution in [0.3, 0.4) is 0 Å². The van der Waals surface area contributed by atoms with Crippen LogP contribution in [0.1, 0.15) is 17.5 Å². The first-order valence-corrected chi connectivity index (χ1v) is 8.96. The highest BCUT2D eigenvalue weighted by Gasteiger charge is 2.28. The van der Waals surface area contributed by atoms with Gasteiger partial charge in [-0.05, 0) is 48.6 Å². The predicted molar refractivity (Wildman–Crippen MR) is 99.6 cm³/mol. The Kier molecular flexibility index (Phi) is 5.13. The van der Waals surface area contributed by atoms with E-state index in [4.69, 9.17) is 17.3 Å². The summed E-state index contributed by atoms with van der Waals surface area (Å²) in [5.74, 6) is 0.0336. The number of amides is 1. The topological polar surface area (TPSA) is 66.6 Å². The van der Waals surface area contributed by atoms with E-state index in [0.717, 1.165) is 34.1 Å². The van der Waals surface area contributed by atoms with E-state index in [2.05, 4.69) is 15.9 Å². The fourth-order valence-electron chi connectivity index (χ4n) is 3.05. The number of anilines is 1. The molecule has 0 bridgehead atoms. The van der Waals surface area contributed by atoms with Crippen molar-refractivity contribution in [3.05, 3.63) is 57.0 Å². The van der Waals surface area contributed by atoms with Gasteiger partial charge in [-0.2, -0.15) is 0 Å². The van der Waals surface area contributed by atoms with E-state index in [9.17, 15) is 9.90 Å². The van der Waals surface area contributed by atoms with Gasteiger partial charge in [0.1, 0.15) is 5.75 Å². The van der Waals surface area contributed by atoms with Crippen molar-refractivity contribution in [1.82, 2.24) is 0 Å². The molecule has 126 valence electrons. The minimum Gasteiger partial charge on any atom is -0.508 e. The van der Waals surface area contributed by atoms with Gasteiger partial charge in [-0.1, -0.05) is 45.7 Å². The van der Waals surface area contributed by atoms with Gasteiger partial charge in [0.15, 0.2) is 0 Å². The lowest BCUT2D eigenvalue weighted by molar-refractivity contribution is -0.119. The zero-order valence-corrected chi connectivity index (χ0v) is 15.3. The summed E-state index contributed by atoms with van der Waals surface area (Å²) in [7, 11) is 0. The van der Waals surface area contributed by atoms with E-state index in [0.29, 0.717) is 18.0 Å². The van der Waals surface area contributed by atoms with Gasteiger partial charge in [0, 0.05) is 11.0 Å². The van der Waals surface area contributed by atoms with Crippen LogP contribution in [0.25, 0.3) is 0 Å². The zero-order chi connectivity index (χ0) is 17.3. The van der Waals surface area contributed by atoms with Crippen LogP contribution in [-0.2, 0) is 17.6 Å². The van der Waals surface area contributed by atoms with Crippen LogP contribution in [0.2, 0.25) is 5.02 Å². The highest BCUT2D eigenvalue weighted by Crippen LogP contribution is 2.34. The van der Waals surface area contributed by atoms with E-state index in [1.165, 1.54) is 0 Å². The molecule has 0 aromatic heterocycles. The number of fused-ring (bicyclic) bond motifs is 1. The van der Waals surface area contributed by atoms with Crippen molar-refractivity contribution in [3.63, 3.8) is 0 Å². The van der Waals surface area contributed by atoms with Crippen LogP contribution in [0.15, 0.2) is 40.9 Å². The molecule has 1 heterocycles. The first-order chi connectivity index (χ1) is 11.5. The molecule has 0 saturated carbocycles. The number of phenolic OH excluding ortho intramolecular Hbond substituents is 1. The molecule has 6 heteroatoms. The Morgan fingerprint density at radius 1 is 1.38 bits per heavy atom. The van der Waals surface area contributed by atoms with Crippen LogP contribution in [0, 0.1) is 0 Å². The molecule has 2 aromatic carbocycles. The van der Waals surface area contributed by atoms with E-state index < -0.39 is 6.04 Å². The molecule has 2 aromatic rings. The fourth-order valence-corrected chi connectivity index (χ4v) is 3.87. The molecule has 0 saturated heterocycles. The highest BCUT2D eigenvalue weighted by molar-refractivity contribution is 9.10. The first-order valence-electron chi connectivity index (χ1n) is 7.79. The zero-order valence-electron chi connectivity index (χ0n) is 13.0. The number of para-hydroxylation sites is 1. The lowest BCUT2D eigenvalue weighted by atomic mass is 9.99. The predicted octanol–water partition coefficient (Wildman–Crippen LogP) is 3.66. The number of benzene rings is 2. The Hall–Kier alpha value is -1.56. The average Bonchev–Trinajstić information content (AvgIpc) is 2.56. The minimum atomic E-state index is -0.673. The number of aromatic hydroxyl groups is 1. The van der Waals surface area contributed by atoms with Gasteiger partial charge in [-0.3, -0.25) is 4.79 Å². The molecule has 24 heavy (non-hydrogen) atoms. The third-order valence-electron chi connectivity index (χ3n) is 4.23. The smallest absolute Gasteiger partial charge is 0.244 e. The second-order valence-electron chi connectivity index (χ2n) is 5.93. The van der Waals surface area contributed by atoms with Gasteiger partial charge >= 0.3 is 0 Å². The number of rotatable bonds is 3. The number of halogens is 2. The van der Waals surface area contributed by atoms with Crippen LogP contribution in [0.5, 0.6) is 5.75 Å². The fraction of sp³-hybridized carbons (Fsp3) is 0.278. The van der Waals surface area contributed by atoms with E-state index in [1.807, 2.05) is 12.1 Å². The molecule has 0 unspecified atom stereocenters. The molecule has 1 amide bonds. The highest BCUT2D eigenvalue weighted by atomic mass is 79.9. The number of hydrogen-bond acceptors (Lipinski definition) is 3. The molecule has 0 fully saturated rings. The summed E-state index contributed by atoms with van der Waals surface area (Å²) < 4.78 is 0.739. The minimum absolute atomic E-state index is 0.135. The number of nitrogens with two attached hydrogens (primary N) is 1. The number of carbonyl (C=O) groups excluding carboxylic acids is 1. The third-order valence-corrected chi connectivity index (χ3v) is 5.27. The van der Waals surface area contributed by atoms with Crippen LogP contribution in [-0.4, -0.2) is 23.6 Å². The molecule has 0 aliphatic carbocycles. The van der Waals surface area contributed by atoms with Crippen molar-refractivity contribution in [2.75, 3.05) is 11.4 Å². The quantitative estimate of drug-likeness (QED) is 0.813.